The van der Waals surface area contributed by atoms with Crippen LogP contribution in [-0.2, 0) is 4.74 Å². The van der Waals surface area contributed by atoms with Crippen molar-refractivity contribution < 1.29 is 9.84 Å². The normalized spacial score (nSPS) is 13.3. The molecule has 0 fully saturated rings. The van der Waals surface area contributed by atoms with Crippen LogP contribution in [0.5, 0.6) is 0 Å². The van der Waals surface area contributed by atoms with Gasteiger partial charge in [-0.15, -0.1) is 0 Å². The molecule has 0 bridgehead atoms. The molecule has 0 heterocycles. The van der Waals surface area contributed by atoms with E-state index in [2.05, 4.69) is 18.2 Å². The van der Waals surface area contributed by atoms with Gasteiger partial charge in [-0.1, -0.05) is 36.5 Å². The van der Waals surface area contributed by atoms with Crippen molar-refractivity contribution in [3.63, 3.8) is 0 Å². The lowest BCUT2D eigenvalue weighted by molar-refractivity contribution is 0.133. The summed E-state index contributed by atoms with van der Waals surface area (Å²) in [7, 11) is 0. The summed E-state index contributed by atoms with van der Waals surface area (Å²) in [6.45, 7) is 7.07. The summed E-state index contributed by atoms with van der Waals surface area (Å²) in [6.07, 6.45) is 16.7. The average molecular weight is 252 g/mol. The maximum absolute atomic E-state index is 9.44. The Balaban J connectivity index is 3.38. The first kappa shape index (κ1) is 17.1. The molecule has 1 N–H and O–H groups in total. The molecular formula is C16H28O2. The molecule has 0 aromatic carbocycles. The summed E-state index contributed by atoms with van der Waals surface area (Å²) in [6, 6.07) is 0. The third-order valence-corrected chi connectivity index (χ3v) is 2.33. The number of hydrogen-bond donors (Lipinski definition) is 1. The van der Waals surface area contributed by atoms with E-state index in [0.29, 0.717) is 0 Å². The molecule has 18 heavy (non-hydrogen) atoms. The molecule has 2 heteroatoms. The van der Waals surface area contributed by atoms with Gasteiger partial charge >= 0.3 is 0 Å². The van der Waals surface area contributed by atoms with Gasteiger partial charge in [-0.05, 0) is 46.5 Å². The lowest BCUT2D eigenvalue weighted by Crippen LogP contribution is -2.13. The monoisotopic (exact) mass is 252 g/mol. The molecule has 0 aliphatic carbocycles. The van der Waals surface area contributed by atoms with Crippen molar-refractivity contribution in [1.82, 2.24) is 0 Å². The molecular weight excluding hydrogens is 224 g/mol. The average Bonchev–Trinajstić information content (AvgIpc) is 2.29. The van der Waals surface area contributed by atoms with Crippen LogP contribution < -0.4 is 0 Å². The van der Waals surface area contributed by atoms with Gasteiger partial charge in [0.1, 0.15) is 0 Å². The van der Waals surface area contributed by atoms with Crippen molar-refractivity contribution >= 4 is 0 Å². The van der Waals surface area contributed by atoms with E-state index < -0.39 is 5.60 Å². The van der Waals surface area contributed by atoms with Gasteiger partial charge in [0.2, 0.25) is 0 Å². The van der Waals surface area contributed by atoms with E-state index in [1.54, 1.807) is 19.9 Å². The summed E-state index contributed by atoms with van der Waals surface area (Å²) < 4.78 is 5.21. The lowest BCUT2D eigenvalue weighted by Gasteiger charge is -2.08. The van der Waals surface area contributed by atoms with Crippen molar-refractivity contribution in [3.05, 3.63) is 36.5 Å². The van der Waals surface area contributed by atoms with E-state index in [1.807, 2.05) is 19.1 Å². The second-order valence-electron chi connectivity index (χ2n) is 4.86. The Bertz CT molecular complexity index is 257. The summed E-state index contributed by atoms with van der Waals surface area (Å²) >= 11 is 0. The molecule has 0 radical (unpaired) electrons. The first-order valence-electron chi connectivity index (χ1n) is 6.85. The predicted molar refractivity (Wildman–Crippen MR) is 78.7 cm³/mol. The highest BCUT2D eigenvalue weighted by Crippen LogP contribution is 2.04. The standard InChI is InChI=1S/C16H28O2/c1-4-18-15-13-11-9-7-5-6-8-10-12-14-16(2,3)17/h8,10-14,17H,4-7,9,15H2,1-3H3/b10-8-,13-11-,14-12+. The number of ether oxygens (including phenoxy) is 1. The van der Waals surface area contributed by atoms with E-state index >= 15 is 0 Å². The lowest BCUT2D eigenvalue weighted by atomic mass is 10.1. The van der Waals surface area contributed by atoms with Crippen LogP contribution >= 0.6 is 0 Å². The van der Waals surface area contributed by atoms with Crippen LogP contribution in [0.25, 0.3) is 0 Å². The second-order valence-corrected chi connectivity index (χ2v) is 4.86. The molecule has 0 saturated carbocycles. The molecule has 0 aromatic rings. The Morgan fingerprint density at radius 3 is 2.28 bits per heavy atom. The van der Waals surface area contributed by atoms with E-state index in [0.717, 1.165) is 26.1 Å². The van der Waals surface area contributed by atoms with Crippen molar-refractivity contribution in [2.45, 2.75) is 52.1 Å². The van der Waals surface area contributed by atoms with Crippen LogP contribution in [0.4, 0.5) is 0 Å². The Morgan fingerprint density at radius 2 is 1.67 bits per heavy atom. The van der Waals surface area contributed by atoms with Gasteiger partial charge < -0.3 is 9.84 Å². The molecule has 2 nitrogen and oxygen atoms in total. The van der Waals surface area contributed by atoms with E-state index in [4.69, 9.17) is 4.74 Å². The van der Waals surface area contributed by atoms with Crippen molar-refractivity contribution in [2.75, 3.05) is 13.2 Å². The third-order valence-electron chi connectivity index (χ3n) is 2.33. The fourth-order valence-corrected chi connectivity index (χ4v) is 1.36. The van der Waals surface area contributed by atoms with E-state index in [1.165, 1.54) is 12.8 Å². The number of rotatable bonds is 10. The number of hydrogen-bond acceptors (Lipinski definition) is 2. The summed E-state index contributed by atoms with van der Waals surface area (Å²) in [4.78, 5) is 0. The second kappa shape index (κ2) is 11.2. The molecule has 0 unspecified atom stereocenters. The molecule has 0 aromatic heterocycles. The van der Waals surface area contributed by atoms with Gasteiger partial charge in [0, 0.05) is 6.61 Å². The van der Waals surface area contributed by atoms with Crippen molar-refractivity contribution in [1.29, 1.82) is 0 Å². The Morgan fingerprint density at radius 1 is 1.00 bits per heavy atom. The van der Waals surface area contributed by atoms with Gasteiger partial charge in [-0.2, -0.15) is 0 Å². The number of unbranched alkanes of at least 4 members (excludes halogenated alkanes) is 3. The minimum atomic E-state index is -0.713. The van der Waals surface area contributed by atoms with Crippen LogP contribution in [0.2, 0.25) is 0 Å². The zero-order chi connectivity index (χ0) is 13.7. The molecule has 0 rings (SSSR count). The first-order valence-corrected chi connectivity index (χ1v) is 6.85. The maximum atomic E-state index is 9.44. The van der Waals surface area contributed by atoms with Gasteiger partial charge in [0.25, 0.3) is 0 Å². The number of allylic oxidation sites excluding steroid dienone is 4. The van der Waals surface area contributed by atoms with Crippen LogP contribution in [-0.4, -0.2) is 23.9 Å². The molecule has 0 aliphatic rings. The SMILES string of the molecule is CCOC/C=C\CCCC/C=C\C=C\C(C)(C)O. The van der Waals surface area contributed by atoms with Gasteiger partial charge in [0.05, 0.1) is 12.2 Å². The molecule has 0 spiro atoms. The van der Waals surface area contributed by atoms with Gasteiger partial charge in [0.15, 0.2) is 0 Å². The Hall–Kier alpha value is -0.860. The highest BCUT2D eigenvalue weighted by molar-refractivity contribution is 5.07. The molecule has 0 atom stereocenters. The smallest absolute Gasteiger partial charge is 0.0774 e. The van der Waals surface area contributed by atoms with Crippen LogP contribution in [0.15, 0.2) is 36.5 Å². The zero-order valence-corrected chi connectivity index (χ0v) is 12.1. The van der Waals surface area contributed by atoms with Crippen molar-refractivity contribution in [2.24, 2.45) is 0 Å². The molecule has 0 amide bonds. The Labute approximate surface area is 112 Å². The minimum absolute atomic E-state index is 0.713. The minimum Gasteiger partial charge on any atom is -0.386 e. The zero-order valence-electron chi connectivity index (χ0n) is 12.1. The van der Waals surface area contributed by atoms with Gasteiger partial charge in [-0.3, -0.25) is 0 Å². The van der Waals surface area contributed by atoms with Crippen molar-refractivity contribution in [3.8, 4) is 0 Å². The van der Waals surface area contributed by atoms with Crippen LogP contribution in [0, 0.1) is 0 Å². The van der Waals surface area contributed by atoms with Crippen LogP contribution in [0.1, 0.15) is 46.5 Å². The third kappa shape index (κ3) is 15.1. The summed E-state index contributed by atoms with van der Waals surface area (Å²) in [5.74, 6) is 0. The number of aliphatic hydroxyl groups is 1. The molecule has 0 saturated heterocycles. The topological polar surface area (TPSA) is 29.5 Å². The first-order chi connectivity index (χ1) is 8.56. The van der Waals surface area contributed by atoms with E-state index in [-0.39, 0.29) is 0 Å². The van der Waals surface area contributed by atoms with Crippen LogP contribution in [0.3, 0.4) is 0 Å². The quantitative estimate of drug-likeness (QED) is 0.361. The maximum Gasteiger partial charge on any atom is 0.0774 e. The molecule has 104 valence electrons. The van der Waals surface area contributed by atoms with E-state index in [9.17, 15) is 5.11 Å². The highest BCUT2D eigenvalue weighted by Gasteiger charge is 2.03. The molecule has 0 aliphatic heterocycles. The highest BCUT2D eigenvalue weighted by atomic mass is 16.5. The van der Waals surface area contributed by atoms with Gasteiger partial charge in [-0.25, -0.2) is 0 Å². The fraction of sp³-hybridized carbons (Fsp3) is 0.625. The summed E-state index contributed by atoms with van der Waals surface area (Å²) in [5, 5.41) is 9.44. The largest absolute Gasteiger partial charge is 0.386 e. The fourth-order valence-electron chi connectivity index (χ4n) is 1.36. The predicted octanol–water partition coefficient (Wildman–Crippen LogP) is 4.02. The summed E-state index contributed by atoms with van der Waals surface area (Å²) in [5.41, 5.74) is -0.713. The Kier molecular flexibility index (Phi) is 10.7.